The first-order valence-electron chi connectivity index (χ1n) is 6.19. The van der Waals surface area contributed by atoms with Crippen LogP contribution in [0.1, 0.15) is 30.2 Å². The fourth-order valence-electron chi connectivity index (χ4n) is 2.02. The van der Waals surface area contributed by atoms with E-state index in [2.05, 4.69) is 9.97 Å². The Morgan fingerprint density at radius 2 is 1.89 bits per heavy atom. The molecule has 0 spiro atoms. The van der Waals surface area contributed by atoms with Gasteiger partial charge in [0.2, 0.25) is 0 Å². The zero-order valence-electron chi connectivity index (χ0n) is 10.6. The maximum Gasteiger partial charge on any atom is 0.255 e. The number of hydrogen-bond acceptors (Lipinski definition) is 2. The summed E-state index contributed by atoms with van der Waals surface area (Å²) >= 11 is 4.98. The zero-order valence-corrected chi connectivity index (χ0v) is 11.4. The topological polar surface area (TPSA) is 48.6 Å². The number of H-pyrrole nitrogens is 2. The van der Waals surface area contributed by atoms with E-state index < -0.39 is 0 Å². The smallest absolute Gasteiger partial charge is 0.255 e. The predicted molar refractivity (Wildman–Crippen MR) is 75.4 cm³/mol. The molecular weight excluding hydrogens is 263 g/mol. The number of aromatic amines is 2. The number of rotatable bonds is 4. The molecule has 1 aromatic carbocycles. The molecule has 0 aliphatic heterocycles. The third-order valence-electron chi connectivity index (χ3n) is 2.92. The highest BCUT2D eigenvalue weighted by Gasteiger charge is 2.09. The quantitative estimate of drug-likeness (QED) is 0.844. The van der Waals surface area contributed by atoms with Gasteiger partial charge in [0.1, 0.15) is 5.82 Å². The summed E-state index contributed by atoms with van der Waals surface area (Å²) in [5.41, 5.74) is 2.26. The van der Waals surface area contributed by atoms with Gasteiger partial charge in [-0.15, -0.1) is 0 Å². The van der Waals surface area contributed by atoms with Gasteiger partial charge in [0.05, 0.1) is 0 Å². The minimum Gasteiger partial charge on any atom is -0.336 e. The fourth-order valence-corrected chi connectivity index (χ4v) is 2.23. The van der Waals surface area contributed by atoms with Gasteiger partial charge in [0.15, 0.2) is 4.77 Å². The summed E-state index contributed by atoms with van der Waals surface area (Å²) in [4.78, 5) is 17.6. The van der Waals surface area contributed by atoms with Crippen LogP contribution in [0.3, 0.4) is 0 Å². The van der Waals surface area contributed by atoms with E-state index in [1.807, 2.05) is 6.92 Å². The highest BCUT2D eigenvalue weighted by Crippen LogP contribution is 2.11. The van der Waals surface area contributed by atoms with Crippen molar-refractivity contribution in [2.24, 2.45) is 0 Å². The third-order valence-corrected chi connectivity index (χ3v) is 3.13. The first-order chi connectivity index (χ1) is 9.10. The molecule has 0 aliphatic carbocycles. The summed E-state index contributed by atoms with van der Waals surface area (Å²) < 4.78 is 13.2. The van der Waals surface area contributed by atoms with Gasteiger partial charge in [-0.2, -0.15) is 0 Å². The van der Waals surface area contributed by atoms with Gasteiger partial charge >= 0.3 is 0 Å². The summed E-state index contributed by atoms with van der Waals surface area (Å²) in [6.45, 7) is 2.04. The van der Waals surface area contributed by atoms with Crippen LogP contribution in [0.25, 0.3) is 0 Å². The number of aromatic nitrogens is 2. The minimum absolute atomic E-state index is 0.170. The van der Waals surface area contributed by atoms with Gasteiger partial charge in [0.25, 0.3) is 5.56 Å². The van der Waals surface area contributed by atoms with Crippen molar-refractivity contribution in [3.8, 4) is 0 Å². The molecule has 5 heteroatoms. The van der Waals surface area contributed by atoms with Gasteiger partial charge in [-0.05, 0) is 36.3 Å². The van der Waals surface area contributed by atoms with Gasteiger partial charge < -0.3 is 4.98 Å². The van der Waals surface area contributed by atoms with Gasteiger partial charge in [-0.25, -0.2) is 4.39 Å². The van der Waals surface area contributed by atoms with Gasteiger partial charge in [-0.3, -0.25) is 9.78 Å². The molecule has 0 amide bonds. The van der Waals surface area contributed by atoms with Crippen molar-refractivity contribution < 1.29 is 4.39 Å². The molecule has 2 aromatic rings. The first kappa shape index (κ1) is 13.7. The summed E-state index contributed by atoms with van der Waals surface area (Å²) in [6, 6.07) is 6.17. The molecule has 0 saturated carbocycles. The molecule has 0 saturated heterocycles. The summed E-state index contributed by atoms with van der Waals surface area (Å²) in [7, 11) is 0. The Bertz CT molecular complexity index is 673. The Hall–Kier alpha value is -1.75. The van der Waals surface area contributed by atoms with Crippen molar-refractivity contribution in [2.45, 2.75) is 26.2 Å². The fraction of sp³-hybridized carbons (Fsp3) is 0.286. The predicted octanol–water partition coefficient (Wildman–Crippen LogP) is 3.11. The summed E-state index contributed by atoms with van der Waals surface area (Å²) in [5, 5.41) is 0. The van der Waals surface area contributed by atoms with E-state index in [1.54, 1.807) is 12.1 Å². The van der Waals surface area contributed by atoms with Crippen LogP contribution in [-0.2, 0) is 12.8 Å². The molecule has 0 radical (unpaired) electrons. The largest absolute Gasteiger partial charge is 0.336 e. The molecule has 2 N–H and O–H groups in total. The molecule has 2 rings (SSSR count). The number of halogens is 1. The van der Waals surface area contributed by atoms with E-state index in [0.717, 1.165) is 24.1 Å². The second-order valence-electron chi connectivity index (χ2n) is 4.42. The molecule has 0 aliphatic rings. The lowest BCUT2D eigenvalue weighted by atomic mass is 10.0. The molecule has 100 valence electrons. The molecule has 0 atom stereocenters. The molecule has 1 heterocycles. The van der Waals surface area contributed by atoms with Crippen molar-refractivity contribution >= 4 is 12.2 Å². The van der Waals surface area contributed by atoms with Gasteiger partial charge in [-0.1, -0.05) is 25.5 Å². The van der Waals surface area contributed by atoms with E-state index in [1.165, 1.54) is 12.1 Å². The SMILES string of the molecule is CCCc1[nH]c(=S)[nH]c(=O)c1Cc1ccc(F)cc1. The van der Waals surface area contributed by atoms with Crippen LogP contribution >= 0.6 is 12.2 Å². The molecule has 1 aromatic heterocycles. The standard InChI is InChI=1S/C14H15FN2OS/c1-2-3-12-11(13(18)17-14(19)16-12)8-9-4-6-10(15)7-5-9/h4-7H,2-3,8H2,1H3,(H2,16,17,18,19). The van der Waals surface area contributed by atoms with Crippen LogP contribution in [0, 0.1) is 10.6 Å². The average Bonchev–Trinajstić information content (AvgIpc) is 2.36. The Labute approximate surface area is 115 Å². The second-order valence-corrected chi connectivity index (χ2v) is 4.83. The van der Waals surface area contributed by atoms with Crippen molar-refractivity contribution in [1.29, 1.82) is 0 Å². The van der Waals surface area contributed by atoms with Crippen molar-refractivity contribution in [2.75, 3.05) is 0 Å². The highest BCUT2D eigenvalue weighted by atomic mass is 32.1. The molecule has 0 fully saturated rings. The molecule has 0 unspecified atom stereocenters. The number of hydrogen-bond donors (Lipinski definition) is 2. The molecule has 0 bridgehead atoms. The van der Waals surface area contributed by atoms with Crippen LogP contribution in [-0.4, -0.2) is 9.97 Å². The maximum atomic E-state index is 12.9. The third kappa shape index (κ3) is 3.38. The summed E-state index contributed by atoms with van der Waals surface area (Å²) in [6.07, 6.45) is 2.16. The van der Waals surface area contributed by atoms with Crippen LogP contribution in [0.15, 0.2) is 29.1 Å². The van der Waals surface area contributed by atoms with E-state index in [0.29, 0.717) is 16.8 Å². The van der Waals surface area contributed by atoms with E-state index in [4.69, 9.17) is 12.2 Å². The van der Waals surface area contributed by atoms with Crippen molar-refractivity contribution in [3.05, 3.63) is 62.0 Å². The van der Waals surface area contributed by atoms with Crippen LogP contribution < -0.4 is 5.56 Å². The Kier molecular flexibility index (Phi) is 4.27. The normalized spacial score (nSPS) is 10.6. The van der Waals surface area contributed by atoms with Crippen LogP contribution in [0.2, 0.25) is 0 Å². The van der Waals surface area contributed by atoms with Crippen molar-refractivity contribution in [3.63, 3.8) is 0 Å². The molecule has 3 nitrogen and oxygen atoms in total. The Morgan fingerprint density at radius 1 is 1.21 bits per heavy atom. The monoisotopic (exact) mass is 278 g/mol. The number of benzene rings is 1. The second kappa shape index (κ2) is 5.93. The van der Waals surface area contributed by atoms with Crippen LogP contribution in [0.5, 0.6) is 0 Å². The average molecular weight is 278 g/mol. The lowest BCUT2D eigenvalue weighted by molar-refractivity contribution is 0.627. The van der Waals surface area contributed by atoms with Gasteiger partial charge in [0, 0.05) is 17.7 Å². The summed E-state index contributed by atoms with van der Waals surface area (Å²) in [5.74, 6) is -0.279. The van der Waals surface area contributed by atoms with Crippen LogP contribution in [0.4, 0.5) is 4.39 Å². The molecule has 19 heavy (non-hydrogen) atoms. The lowest BCUT2D eigenvalue weighted by Crippen LogP contribution is -2.18. The highest BCUT2D eigenvalue weighted by molar-refractivity contribution is 7.71. The Balaban J connectivity index is 2.41. The van der Waals surface area contributed by atoms with Crippen molar-refractivity contribution in [1.82, 2.24) is 9.97 Å². The number of nitrogens with one attached hydrogen (secondary N) is 2. The maximum absolute atomic E-state index is 12.9. The van der Waals surface area contributed by atoms with E-state index >= 15 is 0 Å². The minimum atomic E-state index is -0.279. The zero-order chi connectivity index (χ0) is 13.8. The lowest BCUT2D eigenvalue weighted by Gasteiger charge is -2.08. The molecular formula is C14H15FN2OS. The number of aryl methyl sites for hydroxylation is 1. The van der Waals surface area contributed by atoms with E-state index in [-0.39, 0.29) is 11.4 Å². The Morgan fingerprint density at radius 3 is 2.53 bits per heavy atom. The van der Waals surface area contributed by atoms with E-state index in [9.17, 15) is 9.18 Å². The first-order valence-corrected chi connectivity index (χ1v) is 6.59.